The second-order valence-corrected chi connectivity index (χ2v) is 4.67. The van der Waals surface area contributed by atoms with Crippen LogP contribution in [-0.4, -0.2) is 24.7 Å². The van der Waals surface area contributed by atoms with Gasteiger partial charge in [-0.05, 0) is 30.7 Å². The van der Waals surface area contributed by atoms with E-state index in [1.807, 2.05) is 6.92 Å². The van der Waals surface area contributed by atoms with Crippen LogP contribution >= 0.6 is 0 Å². The van der Waals surface area contributed by atoms with E-state index in [0.29, 0.717) is 12.1 Å². The number of hydrogen-bond acceptors (Lipinski definition) is 3. The predicted octanol–water partition coefficient (Wildman–Crippen LogP) is 3.08. The summed E-state index contributed by atoms with van der Waals surface area (Å²) in [4.78, 5) is 11.7. The summed E-state index contributed by atoms with van der Waals surface area (Å²) in [6.07, 6.45) is -1.97. The van der Waals surface area contributed by atoms with Gasteiger partial charge in [-0.1, -0.05) is 19.8 Å². The molecule has 0 fully saturated rings. The second-order valence-electron chi connectivity index (χ2n) is 4.67. The van der Waals surface area contributed by atoms with Crippen molar-refractivity contribution in [3.63, 3.8) is 0 Å². The van der Waals surface area contributed by atoms with Crippen LogP contribution in [0.4, 0.5) is 18.9 Å². The summed E-state index contributed by atoms with van der Waals surface area (Å²) in [5.74, 6) is -0.229. The summed E-state index contributed by atoms with van der Waals surface area (Å²) < 4.78 is 40.5. The number of nitrogens with two attached hydrogens (primary N) is 1. The van der Waals surface area contributed by atoms with Gasteiger partial charge in [0, 0.05) is 5.69 Å². The standard InChI is InChI=1S/C14H19F3N2O2/c1-2-3-4-12(18)13(20)19-10-5-7-11(8-6-10)21-9-14(15,16)17/h5-8,12H,2-4,9,18H2,1H3,(H,19,20)/t12-/m0/s1. The molecule has 0 aliphatic rings. The van der Waals surface area contributed by atoms with Gasteiger partial charge in [-0.15, -0.1) is 0 Å². The summed E-state index contributed by atoms with van der Waals surface area (Å²) in [5, 5.41) is 2.61. The van der Waals surface area contributed by atoms with E-state index in [2.05, 4.69) is 10.1 Å². The van der Waals surface area contributed by atoms with Crippen molar-refractivity contribution in [1.82, 2.24) is 0 Å². The normalized spacial score (nSPS) is 12.8. The maximum Gasteiger partial charge on any atom is 0.422 e. The molecule has 21 heavy (non-hydrogen) atoms. The van der Waals surface area contributed by atoms with Gasteiger partial charge in [-0.2, -0.15) is 13.2 Å². The molecule has 0 aromatic heterocycles. The minimum atomic E-state index is -4.38. The molecule has 0 unspecified atom stereocenters. The van der Waals surface area contributed by atoms with Gasteiger partial charge in [-0.25, -0.2) is 0 Å². The molecule has 1 atom stereocenters. The average Bonchev–Trinajstić information content (AvgIpc) is 2.43. The average molecular weight is 304 g/mol. The molecule has 3 N–H and O–H groups in total. The molecule has 0 aliphatic heterocycles. The number of alkyl halides is 3. The van der Waals surface area contributed by atoms with Gasteiger partial charge in [0.1, 0.15) is 5.75 Å². The lowest BCUT2D eigenvalue weighted by atomic mass is 10.1. The first-order valence-electron chi connectivity index (χ1n) is 6.68. The van der Waals surface area contributed by atoms with Crippen LogP contribution in [0, 0.1) is 0 Å². The summed E-state index contributed by atoms with van der Waals surface area (Å²) in [5.41, 5.74) is 6.18. The number of nitrogens with one attached hydrogen (secondary N) is 1. The Morgan fingerprint density at radius 3 is 2.48 bits per heavy atom. The van der Waals surface area contributed by atoms with Crippen LogP contribution in [0.2, 0.25) is 0 Å². The van der Waals surface area contributed by atoms with E-state index in [1.54, 1.807) is 0 Å². The van der Waals surface area contributed by atoms with Gasteiger partial charge in [0.15, 0.2) is 6.61 Å². The Labute approximate surface area is 121 Å². The van der Waals surface area contributed by atoms with E-state index in [4.69, 9.17) is 5.73 Å². The maximum absolute atomic E-state index is 12.0. The first-order chi connectivity index (χ1) is 9.81. The quantitative estimate of drug-likeness (QED) is 0.813. The molecule has 0 aliphatic carbocycles. The number of anilines is 1. The second kappa shape index (κ2) is 7.87. The Morgan fingerprint density at radius 1 is 1.33 bits per heavy atom. The van der Waals surface area contributed by atoms with Gasteiger partial charge in [0.05, 0.1) is 6.04 Å². The molecule has 1 amide bonds. The molecular formula is C14H19F3N2O2. The van der Waals surface area contributed by atoms with Crippen LogP contribution in [0.5, 0.6) is 5.75 Å². The zero-order chi connectivity index (χ0) is 15.9. The highest BCUT2D eigenvalue weighted by Crippen LogP contribution is 2.20. The van der Waals surface area contributed by atoms with Crippen molar-refractivity contribution in [2.45, 2.75) is 38.4 Å². The van der Waals surface area contributed by atoms with Gasteiger partial charge in [0.2, 0.25) is 5.91 Å². The van der Waals surface area contributed by atoms with Gasteiger partial charge in [0.25, 0.3) is 0 Å². The van der Waals surface area contributed by atoms with Crippen LogP contribution in [0.1, 0.15) is 26.2 Å². The highest BCUT2D eigenvalue weighted by molar-refractivity contribution is 5.94. The minimum Gasteiger partial charge on any atom is -0.484 e. The number of carbonyl (C=O) groups is 1. The number of unbranched alkanes of at least 4 members (excludes halogenated alkanes) is 1. The zero-order valence-electron chi connectivity index (χ0n) is 11.7. The SMILES string of the molecule is CCCC[C@H](N)C(=O)Nc1ccc(OCC(F)(F)F)cc1. The fourth-order valence-electron chi connectivity index (χ4n) is 1.59. The van der Waals surface area contributed by atoms with Crippen molar-refractivity contribution < 1.29 is 22.7 Å². The molecule has 1 aromatic rings. The fourth-order valence-corrected chi connectivity index (χ4v) is 1.59. The van der Waals surface area contributed by atoms with Crippen LogP contribution < -0.4 is 15.8 Å². The molecule has 0 heterocycles. The monoisotopic (exact) mass is 304 g/mol. The molecule has 4 nitrogen and oxygen atoms in total. The summed E-state index contributed by atoms with van der Waals surface area (Å²) in [7, 11) is 0. The third kappa shape index (κ3) is 6.99. The number of amides is 1. The Hall–Kier alpha value is -1.76. The van der Waals surface area contributed by atoms with E-state index in [0.717, 1.165) is 12.8 Å². The van der Waals surface area contributed by atoms with E-state index < -0.39 is 18.8 Å². The molecule has 0 saturated carbocycles. The van der Waals surface area contributed by atoms with Crippen LogP contribution in [0.3, 0.4) is 0 Å². The number of carbonyl (C=O) groups excluding carboxylic acids is 1. The summed E-state index contributed by atoms with van der Waals surface area (Å²) in [6, 6.07) is 5.07. The van der Waals surface area contributed by atoms with E-state index in [1.165, 1.54) is 24.3 Å². The largest absolute Gasteiger partial charge is 0.484 e. The molecule has 1 aromatic carbocycles. The van der Waals surface area contributed by atoms with Crippen LogP contribution in [0.15, 0.2) is 24.3 Å². The Morgan fingerprint density at radius 2 is 1.95 bits per heavy atom. The number of halogens is 3. The van der Waals surface area contributed by atoms with Crippen molar-refractivity contribution in [3.05, 3.63) is 24.3 Å². The first kappa shape index (κ1) is 17.3. The van der Waals surface area contributed by atoms with Crippen molar-refractivity contribution in [1.29, 1.82) is 0 Å². The minimum absolute atomic E-state index is 0.0839. The lowest BCUT2D eigenvalue weighted by molar-refractivity contribution is -0.153. The molecule has 7 heteroatoms. The lowest BCUT2D eigenvalue weighted by Crippen LogP contribution is -2.35. The topological polar surface area (TPSA) is 64.4 Å². The molecule has 1 rings (SSSR count). The molecule has 0 saturated heterocycles. The Balaban J connectivity index is 2.49. The molecule has 0 spiro atoms. The lowest BCUT2D eigenvalue weighted by Gasteiger charge is -2.13. The summed E-state index contributed by atoms with van der Waals surface area (Å²) >= 11 is 0. The van der Waals surface area contributed by atoms with Crippen molar-refractivity contribution in [2.75, 3.05) is 11.9 Å². The molecular weight excluding hydrogens is 285 g/mol. The third-order valence-electron chi connectivity index (χ3n) is 2.73. The Kier molecular flexibility index (Phi) is 6.48. The van der Waals surface area contributed by atoms with E-state index in [-0.39, 0.29) is 11.7 Å². The highest BCUT2D eigenvalue weighted by atomic mass is 19.4. The van der Waals surface area contributed by atoms with Gasteiger partial charge < -0.3 is 15.8 Å². The first-order valence-corrected chi connectivity index (χ1v) is 6.68. The van der Waals surface area contributed by atoms with Crippen molar-refractivity contribution in [2.24, 2.45) is 5.73 Å². The Bertz CT molecular complexity index is 447. The molecule has 118 valence electrons. The maximum atomic E-state index is 12.0. The smallest absolute Gasteiger partial charge is 0.422 e. The predicted molar refractivity (Wildman–Crippen MR) is 74.1 cm³/mol. The number of benzene rings is 1. The number of rotatable bonds is 7. The van der Waals surface area contributed by atoms with E-state index in [9.17, 15) is 18.0 Å². The zero-order valence-corrected chi connectivity index (χ0v) is 11.7. The van der Waals surface area contributed by atoms with Gasteiger partial charge >= 0.3 is 6.18 Å². The van der Waals surface area contributed by atoms with E-state index >= 15 is 0 Å². The van der Waals surface area contributed by atoms with Crippen LogP contribution in [0.25, 0.3) is 0 Å². The van der Waals surface area contributed by atoms with Crippen molar-refractivity contribution in [3.8, 4) is 5.75 Å². The third-order valence-corrected chi connectivity index (χ3v) is 2.73. The summed E-state index contributed by atoms with van der Waals surface area (Å²) in [6.45, 7) is 0.658. The van der Waals surface area contributed by atoms with Gasteiger partial charge in [-0.3, -0.25) is 4.79 Å². The fraction of sp³-hybridized carbons (Fsp3) is 0.500. The molecule has 0 radical (unpaired) electrons. The number of hydrogen-bond donors (Lipinski definition) is 2. The highest BCUT2D eigenvalue weighted by Gasteiger charge is 2.28. The number of ether oxygens (including phenoxy) is 1. The molecule has 0 bridgehead atoms. The van der Waals surface area contributed by atoms with Crippen LogP contribution in [-0.2, 0) is 4.79 Å². The van der Waals surface area contributed by atoms with Crippen molar-refractivity contribution >= 4 is 11.6 Å².